The van der Waals surface area contributed by atoms with E-state index in [9.17, 15) is 9.18 Å². The van der Waals surface area contributed by atoms with Gasteiger partial charge < -0.3 is 10.2 Å². The molecule has 2 rings (SSSR count). The van der Waals surface area contributed by atoms with E-state index < -0.39 is 0 Å². The van der Waals surface area contributed by atoms with E-state index in [-0.39, 0.29) is 16.8 Å². The smallest absolute Gasteiger partial charge is 0.257 e. The maximum atomic E-state index is 12.9. The highest BCUT2D eigenvalue weighted by Crippen LogP contribution is 2.22. The molecule has 0 heterocycles. The molecule has 0 bridgehead atoms. The summed E-state index contributed by atoms with van der Waals surface area (Å²) in [5, 5.41) is 5.83. The van der Waals surface area contributed by atoms with Crippen LogP contribution in [0, 0.1) is 12.7 Å². The molecule has 0 aliphatic carbocycles. The fourth-order valence-electron chi connectivity index (χ4n) is 2.50. The number of nitrogens with zero attached hydrogens (tertiary/aromatic N) is 1. The minimum absolute atomic E-state index is 0.202. The number of carbonyl (C=O) groups is 1. The topological polar surface area (TPSA) is 44.4 Å². The predicted molar refractivity (Wildman–Crippen MR) is 105 cm³/mol. The van der Waals surface area contributed by atoms with Gasteiger partial charge in [-0.3, -0.25) is 10.1 Å². The van der Waals surface area contributed by atoms with Gasteiger partial charge in [0.1, 0.15) is 5.82 Å². The van der Waals surface area contributed by atoms with Gasteiger partial charge in [0, 0.05) is 30.0 Å². The first-order chi connectivity index (χ1) is 11.9. The molecule has 6 heteroatoms. The number of halogens is 1. The van der Waals surface area contributed by atoms with Crippen molar-refractivity contribution in [1.82, 2.24) is 5.32 Å². The predicted octanol–water partition coefficient (Wildman–Crippen LogP) is 4.11. The van der Waals surface area contributed by atoms with Gasteiger partial charge in [-0.15, -0.1) is 0 Å². The molecule has 0 unspecified atom stereocenters. The highest BCUT2D eigenvalue weighted by molar-refractivity contribution is 7.80. The zero-order valence-corrected chi connectivity index (χ0v) is 15.4. The van der Waals surface area contributed by atoms with Crippen LogP contribution in [-0.4, -0.2) is 24.1 Å². The van der Waals surface area contributed by atoms with Crippen molar-refractivity contribution in [3.8, 4) is 0 Å². The third-order valence-electron chi connectivity index (χ3n) is 3.92. The first-order valence-electron chi connectivity index (χ1n) is 8.18. The Kier molecular flexibility index (Phi) is 6.47. The second kappa shape index (κ2) is 8.58. The van der Waals surface area contributed by atoms with Crippen LogP contribution in [0.5, 0.6) is 0 Å². The largest absolute Gasteiger partial charge is 0.372 e. The number of amides is 1. The minimum atomic E-state index is -0.388. The quantitative estimate of drug-likeness (QED) is 0.789. The molecule has 1 amide bonds. The molecule has 2 aromatic carbocycles. The SMILES string of the molecule is CCN(CC)c1ccc(NC(=S)NC(=O)c2ccc(F)cc2)c(C)c1. The van der Waals surface area contributed by atoms with Crippen molar-refractivity contribution in [3.63, 3.8) is 0 Å². The van der Waals surface area contributed by atoms with Crippen molar-refractivity contribution in [3.05, 3.63) is 59.4 Å². The average molecular weight is 359 g/mol. The highest BCUT2D eigenvalue weighted by Gasteiger charge is 2.10. The van der Waals surface area contributed by atoms with E-state index >= 15 is 0 Å². The molecule has 0 spiro atoms. The first kappa shape index (κ1) is 18.9. The lowest BCUT2D eigenvalue weighted by Crippen LogP contribution is -2.34. The maximum absolute atomic E-state index is 12.9. The van der Waals surface area contributed by atoms with Crippen molar-refractivity contribution in [1.29, 1.82) is 0 Å². The van der Waals surface area contributed by atoms with Crippen LogP contribution in [0.4, 0.5) is 15.8 Å². The van der Waals surface area contributed by atoms with E-state index in [1.165, 1.54) is 24.3 Å². The molecule has 0 radical (unpaired) electrons. The molecular formula is C19H22FN3OS. The van der Waals surface area contributed by atoms with Crippen LogP contribution in [0.2, 0.25) is 0 Å². The molecule has 4 nitrogen and oxygen atoms in total. The van der Waals surface area contributed by atoms with Crippen LogP contribution in [-0.2, 0) is 0 Å². The summed E-state index contributed by atoms with van der Waals surface area (Å²) in [5.41, 5.74) is 3.36. The van der Waals surface area contributed by atoms with Gasteiger partial charge in [-0.05, 0) is 81.0 Å². The number of rotatable bonds is 5. The van der Waals surface area contributed by atoms with E-state index in [0.29, 0.717) is 5.56 Å². The zero-order chi connectivity index (χ0) is 18.4. The van der Waals surface area contributed by atoms with Crippen LogP contribution in [0.25, 0.3) is 0 Å². The molecular weight excluding hydrogens is 337 g/mol. The number of carbonyl (C=O) groups excluding carboxylic acids is 1. The molecule has 2 N–H and O–H groups in total. The molecule has 0 fully saturated rings. The molecule has 0 aliphatic rings. The third kappa shape index (κ3) is 5.00. The molecule has 0 saturated carbocycles. The van der Waals surface area contributed by atoms with Crippen LogP contribution >= 0.6 is 12.2 Å². The molecule has 25 heavy (non-hydrogen) atoms. The molecule has 0 aliphatic heterocycles. The Labute approximate surface area is 153 Å². The zero-order valence-electron chi connectivity index (χ0n) is 14.6. The molecule has 0 saturated heterocycles. The maximum Gasteiger partial charge on any atom is 0.257 e. The second-order valence-corrected chi connectivity index (χ2v) is 5.99. The van der Waals surface area contributed by atoms with Gasteiger partial charge in [0.2, 0.25) is 0 Å². The van der Waals surface area contributed by atoms with E-state index in [2.05, 4.69) is 35.4 Å². The number of benzene rings is 2. The van der Waals surface area contributed by atoms with Gasteiger partial charge in [0.05, 0.1) is 0 Å². The second-order valence-electron chi connectivity index (χ2n) is 5.59. The summed E-state index contributed by atoms with van der Waals surface area (Å²) in [6.45, 7) is 8.10. The monoisotopic (exact) mass is 359 g/mol. The Bertz CT molecular complexity index is 758. The van der Waals surface area contributed by atoms with Crippen LogP contribution < -0.4 is 15.5 Å². The fourth-order valence-corrected chi connectivity index (χ4v) is 2.71. The molecule has 0 atom stereocenters. The van der Waals surface area contributed by atoms with Gasteiger partial charge in [-0.1, -0.05) is 0 Å². The Hall–Kier alpha value is -2.47. The number of aryl methyl sites for hydroxylation is 1. The van der Waals surface area contributed by atoms with Gasteiger partial charge in [0.25, 0.3) is 5.91 Å². The lowest BCUT2D eigenvalue weighted by molar-refractivity contribution is 0.0977. The minimum Gasteiger partial charge on any atom is -0.372 e. The van der Waals surface area contributed by atoms with E-state index in [4.69, 9.17) is 12.2 Å². The van der Waals surface area contributed by atoms with Crippen LogP contribution in [0.15, 0.2) is 42.5 Å². The number of hydrogen-bond acceptors (Lipinski definition) is 3. The number of anilines is 2. The Morgan fingerprint density at radius 1 is 1.12 bits per heavy atom. The molecule has 2 aromatic rings. The molecule has 0 aromatic heterocycles. The van der Waals surface area contributed by atoms with Gasteiger partial charge in [-0.25, -0.2) is 4.39 Å². The first-order valence-corrected chi connectivity index (χ1v) is 8.59. The van der Waals surface area contributed by atoms with Gasteiger partial charge in [0.15, 0.2) is 5.11 Å². The normalized spacial score (nSPS) is 10.2. The highest BCUT2D eigenvalue weighted by atomic mass is 32.1. The summed E-state index contributed by atoms with van der Waals surface area (Å²) in [6.07, 6.45) is 0. The third-order valence-corrected chi connectivity index (χ3v) is 4.12. The summed E-state index contributed by atoms with van der Waals surface area (Å²) in [7, 11) is 0. The van der Waals surface area contributed by atoms with Crippen molar-refractivity contribution in [2.75, 3.05) is 23.3 Å². The van der Waals surface area contributed by atoms with Crippen molar-refractivity contribution in [2.45, 2.75) is 20.8 Å². The Morgan fingerprint density at radius 2 is 1.76 bits per heavy atom. The van der Waals surface area contributed by atoms with E-state index in [0.717, 1.165) is 30.0 Å². The number of hydrogen-bond donors (Lipinski definition) is 2. The lowest BCUT2D eigenvalue weighted by Gasteiger charge is -2.22. The molecule has 132 valence electrons. The van der Waals surface area contributed by atoms with Gasteiger partial charge in [-0.2, -0.15) is 0 Å². The van der Waals surface area contributed by atoms with Gasteiger partial charge >= 0.3 is 0 Å². The standard InChI is InChI=1S/C19H22FN3OS/c1-4-23(5-2)16-10-11-17(13(3)12-16)21-19(25)22-18(24)14-6-8-15(20)9-7-14/h6-12H,4-5H2,1-3H3,(H2,21,22,24,25). The summed E-state index contributed by atoms with van der Waals surface area (Å²) >= 11 is 5.20. The summed E-state index contributed by atoms with van der Waals surface area (Å²) in [6, 6.07) is 11.4. The van der Waals surface area contributed by atoms with Crippen molar-refractivity contribution >= 4 is 34.6 Å². The summed E-state index contributed by atoms with van der Waals surface area (Å²) in [4.78, 5) is 14.4. The van der Waals surface area contributed by atoms with E-state index in [1.54, 1.807) is 0 Å². The van der Waals surface area contributed by atoms with Crippen LogP contribution in [0.1, 0.15) is 29.8 Å². The van der Waals surface area contributed by atoms with Crippen molar-refractivity contribution < 1.29 is 9.18 Å². The summed E-state index contributed by atoms with van der Waals surface area (Å²) < 4.78 is 12.9. The Morgan fingerprint density at radius 3 is 2.32 bits per heavy atom. The number of nitrogens with one attached hydrogen (secondary N) is 2. The lowest BCUT2D eigenvalue weighted by atomic mass is 10.1. The fraction of sp³-hybridized carbons (Fsp3) is 0.263. The van der Waals surface area contributed by atoms with Crippen molar-refractivity contribution in [2.24, 2.45) is 0 Å². The van der Waals surface area contributed by atoms with E-state index in [1.807, 2.05) is 19.1 Å². The Balaban J connectivity index is 2.02. The van der Waals surface area contributed by atoms with Crippen LogP contribution in [0.3, 0.4) is 0 Å². The number of thiocarbonyl (C=S) groups is 1. The average Bonchev–Trinajstić information content (AvgIpc) is 2.58. The summed E-state index contributed by atoms with van der Waals surface area (Å²) in [5.74, 6) is -0.768.